The predicted octanol–water partition coefficient (Wildman–Crippen LogP) is 1.83. The Kier molecular flexibility index (Phi) is 7.33. The van der Waals surface area contributed by atoms with Crippen molar-refractivity contribution in [2.24, 2.45) is 10.2 Å². The molecule has 0 bridgehead atoms. The van der Waals surface area contributed by atoms with Gasteiger partial charge in [-0.05, 0) is 30.3 Å². The predicted molar refractivity (Wildman–Crippen MR) is 128 cm³/mol. The van der Waals surface area contributed by atoms with Gasteiger partial charge in [-0.25, -0.2) is 0 Å². The molecule has 0 fully saturated rings. The smallest absolute Gasteiger partial charge is 0.296 e. The van der Waals surface area contributed by atoms with Gasteiger partial charge >= 0.3 is 0 Å². The number of hydrogen-bond acceptors (Lipinski definition) is 12. The van der Waals surface area contributed by atoms with Gasteiger partial charge in [0.05, 0.1) is 17.1 Å². The van der Waals surface area contributed by atoms with Crippen molar-refractivity contribution < 1.29 is 51.9 Å². The van der Waals surface area contributed by atoms with Crippen molar-refractivity contribution in [1.82, 2.24) is 0 Å². The number of hydrogen-bond donors (Lipinski definition) is 6. The van der Waals surface area contributed by atoms with E-state index in [9.17, 15) is 47.3 Å². The van der Waals surface area contributed by atoms with E-state index in [-0.39, 0.29) is 16.5 Å². The van der Waals surface area contributed by atoms with Crippen LogP contribution in [0.15, 0.2) is 67.4 Å². The molecule has 3 rings (SSSR count). The van der Waals surface area contributed by atoms with Crippen LogP contribution >= 0.6 is 0 Å². The topological polar surface area (TPSA) is 280 Å². The second kappa shape index (κ2) is 9.57. The van der Waals surface area contributed by atoms with E-state index in [1.54, 1.807) is 0 Å². The van der Waals surface area contributed by atoms with Crippen molar-refractivity contribution in [2.45, 2.75) is 14.7 Å². The Morgan fingerprint density at radius 3 is 1.84 bits per heavy atom. The summed E-state index contributed by atoms with van der Waals surface area (Å²) in [5.41, 5.74) is 3.81. The molecule has 0 aromatic heterocycles. The molecule has 0 atom stereocenters. The van der Waals surface area contributed by atoms with Crippen molar-refractivity contribution in [3.05, 3.63) is 42.5 Å². The fourth-order valence-electron chi connectivity index (χ4n) is 3.12. The number of benzene rings is 3. The van der Waals surface area contributed by atoms with Crippen molar-refractivity contribution >= 4 is 74.0 Å². The lowest BCUT2D eigenvalue weighted by atomic mass is 10.1. The molecule has 0 saturated heterocycles. The quantitative estimate of drug-likeness (QED) is 0.123. The van der Waals surface area contributed by atoms with E-state index in [0.717, 1.165) is 36.4 Å². The number of anilines is 2. The van der Waals surface area contributed by atoms with Crippen LogP contribution in [0.25, 0.3) is 10.8 Å². The van der Waals surface area contributed by atoms with Gasteiger partial charge < -0.3 is 11.1 Å². The minimum Gasteiger partial charge on any atom is -0.398 e. The van der Waals surface area contributed by atoms with Crippen LogP contribution in [0.3, 0.4) is 0 Å². The van der Waals surface area contributed by atoms with Crippen LogP contribution in [0.4, 0.5) is 22.7 Å². The van der Waals surface area contributed by atoms with E-state index in [4.69, 9.17) is 10.3 Å². The summed E-state index contributed by atoms with van der Waals surface area (Å²) in [6, 6.07) is 6.48. The molecule has 0 unspecified atom stereocenters. The molecule has 0 heterocycles. The highest BCUT2D eigenvalue weighted by atomic mass is 32.2. The van der Waals surface area contributed by atoms with Crippen LogP contribution in [-0.2, 0) is 40.5 Å². The Balaban J connectivity index is 2.29. The van der Waals surface area contributed by atoms with Crippen LogP contribution in [-0.4, -0.2) is 57.8 Å². The third kappa shape index (κ3) is 6.75. The summed E-state index contributed by atoms with van der Waals surface area (Å²) in [4.78, 5) is -2.40. The van der Waals surface area contributed by atoms with Gasteiger partial charge in [0.2, 0.25) is 0 Å². The first-order valence-electron chi connectivity index (χ1n) is 9.31. The highest BCUT2D eigenvalue weighted by Crippen LogP contribution is 2.36. The van der Waals surface area contributed by atoms with Crippen LogP contribution in [0.5, 0.6) is 0 Å². The molecule has 0 amide bonds. The van der Waals surface area contributed by atoms with Gasteiger partial charge in [0.1, 0.15) is 26.3 Å². The third-order valence-electron chi connectivity index (χ3n) is 4.58. The van der Waals surface area contributed by atoms with E-state index < -0.39 is 78.1 Å². The molecule has 0 aliphatic carbocycles. The maximum atomic E-state index is 11.9. The van der Waals surface area contributed by atoms with Crippen molar-refractivity contribution in [3.8, 4) is 0 Å². The van der Waals surface area contributed by atoms with Crippen molar-refractivity contribution in [3.63, 3.8) is 0 Å². The summed E-state index contributed by atoms with van der Waals surface area (Å²) in [6.45, 7) is 0. The van der Waals surface area contributed by atoms with Gasteiger partial charge in [0.25, 0.3) is 40.5 Å². The van der Waals surface area contributed by atoms with E-state index in [2.05, 4.69) is 15.5 Å². The zero-order chi connectivity index (χ0) is 28.0. The van der Waals surface area contributed by atoms with Crippen molar-refractivity contribution in [2.75, 3.05) is 16.9 Å². The Hall–Kier alpha value is -3.24. The summed E-state index contributed by atoms with van der Waals surface area (Å²) in [5, 5.41) is 8.90. The van der Waals surface area contributed by atoms with Gasteiger partial charge in [0, 0.05) is 10.8 Å². The minimum absolute atomic E-state index is 0.298. The lowest BCUT2D eigenvalue weighted by Crippen LogP contribution is -2.13. The third-order valence-corrected chi connectivity index (χ3v) is 7.81. The summed E-state index contributed by atoms with van der Waals surface area (Å²) < 4.78 is 130. The molecule has 3 aromatic rings. The Labute approximate surface area is 209 Å². The van der Waals surface area contributed by atoms with Crippen LogP contribution in [0.1, 0.15) is 0 Å². The molecule has 0 spiro atoms. The van der Waals surface area contributed by atoms with Crippen LogP contribution in [0, 0.1) is 0 Å². The first kappa shape index (κ1) is 28.3. The van der Waals surface area contributed by atoms with E-state index in [1.165, 1.54) is 0 Å². The Bertz CT molecular complexity index is 1890. The van der Waals surface area contributed by atoms with Gasteiger partial charge in [-0.3, -0.25) is 18.2 Å². The molecule has 20 heteroatoms. The molecular formula is C17H16N4O12S4. The molecule has 0 radical (unpaired) electrons. The van der Waals surface area contributed by atoms with Gasteiger partial charge in [-0.1, -0.05) is 12.1 Å². The fourth-order valence-corrected chi connectivity index (χ4v) is 5.50. The molecule has 3 aromatic carbocycles. The van der Waals surface area contributed by atoms with E-state index in [1.807, 2.05) is 0 Å². The highest BCUT2D eigenvalue weighted by molar-refractivity contribution is 7.87. The zero-order valence-corrected chi connectivity index (χ0v) is 21.2. The molecule has 7 N–H and O–H groups in total. The molecule has 37 heavy (non-hydrogen) atoms. The standard InChI is InChI=1S/C17H16N4O12S4/c18-12-6-13(19-8-34(22,23)24)14(7-17(12)37(31,32)33)21-20-9-4-11-10(16(5-9)36(28,29)30)2-1-3-15(11)35(25,26)27/h1-7,19H,8,18H2,(H,22,23,24)(H,25,26,27)(H,28,29,30)(H,31,32,33). The fraction of sp³-hybridized carbons (Fsp3) is 0.0588. The van der Waals surface area contributed by atoms with Gasteiger partial charge in [0.15, 0.2) is 0 Å². The summed E-state index contributed by atoms with van der Waals surface area (Å²) in [6.07, 6.45) is 0. The zero-order valence-electron chi connectivity index (χ0n) is 17.9. The highest BCUT2D eigenvalue weighted by Gasteiger charge is 2.22. The minimum atomic E-state index is -4.98. The molecule has 0 saturated carbocycles. The second-order valence-electron chi connectivity index (χ2n) is 7.23. The lowest BCUT2D eigenvalue weighted by molar-refractivity contribution is 0.481. The Morgan fingerprint density at radius 2 is 1.30 bits per heavy atom. The average molecular weight is 597 g/mol. The first-order chi connectivity index (χ1) is 16.8. The second-order valence-corrected chi connectivity index (χ2v) is 12.9. The van der Waals surface area contributed by atoms with Crippen LogP contribution in [0.2, 0.25) is 0 Å². The number of nitrogen functional groups attached to an aromatic ring is 1. The van der Waals surface area contributed by atoms with Gasteiger partial charge in [-0.2, -0.15) is 38.8 Å². The SMILES string of the molecule is Nc1cc(NCS(=O)(=O)O)c(N=Nc2cc(S(=O)(=O)O)c3cccc(S(=O)(=O)O)c3c2)cc1S(=O)(=O)O. The maximum Gasteiger partial charge on any atom is 0.296 e. The summed E-state index contributed by atoms with van der Waals surface area (Å²) >= 11 is 0. The number of nitrogens with zero attached hydrogens (tertiary/aromatic N) is 2. The monoisotopic (exact) mass is 596 g/mol. The summed E-state index contributed by atoms with van der Waals surface area (Å²) in [7, 11) is -19.3. The van der Waals surface area contributed by atoms with Crippen LogP contribution < -0.4 is 11.1 Å². The number of nitrogens with two attached hydrogens (primary N) is 1. The number of fused-ring (bicyclic) bond motifs is 1. The molecule has 200 valence electrons. The molecule has 0 aliphatic rings. The van der Waals surface area contributed by atoms with Gasteiger partial charge in [-0.15, -0.1) is 5.11 Å². The Morgan fingerprint density at radius 1 is 0.703 bits per heavy atom. The lowest BCUT2D eigenvalue weighted by Gasteiger charge is -2.11. The normalized spacial score (nSPS) is 13.3. The number of nitrogens with one attached hydrogen (secondary N) is 1. The molecular weight excluding hydrogens is 580 g/mol. The number of azo groups is 1. The van der Waals surface area contributed by atoms with E-state index in [0.29, 0.717) is 6.07 Å². The summed E-state index contributed by atoms with van der Waals surface area (Å²) in [5.74, 6) is -1.08. The first-order valence-corrected chi connectivity index (χ1v) is 15.2. The van der Waals surface area contributed by atoms with E-state index >= 15 is 0 Å². The average Bonchev–Trinajstić information content (AvgIpc) is 2.73. The largest absolute Gasteiger partial charge is 0.398 e. The molecule has 16 nitrogen and oxygen atoms in total. The number of rotatable bonds is 8. The van der Waals surface area contributed by atoms with Crippen molar-refractivity contribution in [1.29, 1.82) is 0 Å². The molecule has 0 aliphatic heterocycles. The maximum absolute atomic E-state index is 11.9.